The number of anilines is 1. The summed E-state index contributed by atoms with van der Waals surface area (Å²) in [4.78, 5) is 12.5. The third kappa shape index (κ3) is 4.25. The molecular weight excluding hydrogens is 537 g/mol. The molecule has 9 heteroatoms. The number of halogens is 5. The summed E-state index contributed by atoms with van der Waals surface area (Å²) in [6, 6.07) is 0. The number of hydrogen-bond donors (Lipinski definition) is 1. The third-order valence-electron chi connectivity index (χ3n) is 7.15. The number of aryl methyl sites for hydroxylation is 1. The Bertz CT molecular complexity index is 938. The van der Waals surface area contributed by atoms with Crippen molar-refractivity contribution >= 4 is 34.3 Å². The van der Waals surface area contributed by atoms with E-state index in [0.29, 0.717) is 17.7 Å². The molecule has 1 amide bonds. The van der Waals surface area contributed by atoms with Crippen LogP contribution in [0, 0.1) is 17.8 Å². The topological polar surface area (TPSA) is 46.9 Å². The molecular formula is C23H28F4IN3O. The molecule has 2 fully saturated rings. The van der Waals surface area contributed by atoms with Gasteiger partial charge in [-0.15, -0.1) is 0 Å². The van der Waals surface area contributed by atoms with Crippen molar-refractivity contribution in [1.82, 2.24) is 9.78 Å². The van der Waals surface area contributed by atoms with Crippen LogP contribution in [0.4, 0.5) is 23.4 Å². The number of hydrogen-bond acceptors (Lipinski definition) is 2. The zero-order valence-electron chi connectivity index (χ0n) is 18.1. The fourth-order valence-corrected chi connectivity index (χ4v) is 5.84. The van der Waals surface area contributed by atoms with Crippen molar-refractivity contribution in [3.05, 3.63) is 35.6 Å². The lowest BCUT2D eigenvalue weighted by atomic mass is 9.74. The molecule has 1 aromatic rings. The lowest BCUT2D eigenvalue weighted by Crippen LogP contribution is -2.59. The first-order valence-corrected chi connectivity index (χ1v) is 12.4. The maximum Gasteiger partial charge on any atom is 0.313 e. The van der Waals surface area contributed by atoms with Crippen molar-refractivity contribution in [2.45, 2.75) is 67.1 Å². The van der Waals surface area contributed by atoms with Gasteiger partial charge in [0.05, 0.1) is 9.62 Å². The van der Waals surface area contributed by atoms with Gasteiger partial charge in [-0.2, -0.15) is 22.7 Å². The summed E-state index contributed by atoms with van der Waals surface area (Å²) in [6.07, 6.45) is 10.9. The number of nitrogens with one attached hydrogen (secondary N) is 1. The summed E-state index contributed by atoms with van der Waals surface area (Å²) in [5.41, 5.74) is 1.89. The van der Waals surface area contributed by atoms with Crippen molar-refractivity contribution in [1.29, 1.82) is 0 Å². The number of rotatable bonds is 7. The molecule has 0 aliphatic heterocycles. The van der Waals surface area contributed by atoms with E-state index in [1.165, 1.54) is 0 Å². The second-order valence-electron chi connectivity index (χ2n) is 9.38. The molecule has 4 atom stereocenters. The molecule has 32 heavy (non-hydrogen) atoms. The number of allylic oxidation sites excluding steroid dienone is 4. The highest BCUT2D eigenvalue weighted by Crippen LogP contribution is 2.56. The smallest absolute Gasteiger partial charge is 0.311 e. The van der Waals surface area contributed by atoms with Crippen LogP contribution in [0.3, 0.4) is 0 Å². The van der Waals surface area contributed by atoms with Crippen LogP contribution < -0.4 is 5.32 Å². The van der Waals surface area contributed by atoms with Gasteiger partial charge in [0.15, 0.2) is 0 Å². The summed E-state index contributed by atoms with van der Waals surface area (Å²) in [6.45, 7) is 2.19. The first-order chi connectivity index (χ1) is 15.0. The van der Waals surface area contributed by atoms with Crippen molar-refractivity contribution in [3.8, 4) is 0 Å². The fourth-order valence-electron chi connectivity index (χ4n) is 4.80. The van der Waals surface area contributed by atoms with Gasteiger partial charge in [0.1, 0.15) is 5.82 Å². The van der Waals surface area contributed by atoms with Crippen LogP contribution in [-0.4, -0.2) is 27.5 Å². The maximum atomic E-state index is 13.6. The lowest BCUT2D eigenvalue weighted by molar-refractivity contribution is -0.313. The standard InChI is InChI=1S/C23H28F4IN3O/c1-13-6-3-4-7-15(13)10-17(28)20-19(14-8-5-9-14)21(31(2)30-20)29-18(32)11-16-12-22(24,25)23(16,26)27/h3-4,6-7,13-17H,5,8-12H2,1-2H3,(H,29,32)/t13?,15?,16-,17?/m1/s1. The van der Waals surface area contributed by atoms with E-state index in [-0.39, 0.29) is 9.84 Å². The highest BCUT2D eigenvalue weighted by Gasteiger charge is 2.71. The van der Waals surface area contributed by atoms with E-state index >= 15 is 0 Å². The molecule has 1 aromatic heterocycles. The highest BCUT2D eigenvalue weighted by atomic mass is 127. The van der Waals surface area contributed by atoms with Gasteiger partial charge < -0.3 is 5.32 Å². The summed E-state index contributed by atoms with van der Waals surface area (Å²) in [7, 11) is 1.72. The second kappa shape index (κ2) is 8.76. The van der Waals surface area contributed by atoms with Crippen LogP contribution in [0.1, 0.15) is 66.5 Å². The zero-order valence-corrected chi connectivity index (χ0v) is 20.3. The Morgan fingerprint density at radius 3 is 2.53 bits per heavy atom. The number of amides is 1. The van der Waals surface area contributed by atoms with Crippen LogP contribution >= 0.6 is 22.6 Å². The monoisotopic (exact) mass is 565 g/mol. The minimum absolute atomic E-state index is 0.123. The molecule has 1 heterocycles. The van der Waals surface area contributed by atoms with E-state index in [1.807, 2.05) is 0 Å². The molecule has 3 unspecified atom stereocenters. The summed E-state index contributed by atoms with van der Waals surface area (Å²) < 4.78 is 55.3. The molecule has 3 aliphatic rings. The van der Waals surface area contributed by atoms with Gasteiger partial charge in [-0.1, -0.05) is 60.2 Å². The number of alkyl halides is 5. The maximum absolute atomic E-state index is 13.6. The van der Waals surface area contributed by atoms with E-state index in [1.54, 1.807) is 11.7 Å². The predicted molar refractivity (Wildman–Crippen MR) is 123 cm³/mol. The Morgan fingerprint density at radius 2 is 1.97 bits per heavy atom. The van der Waals surface area contributed by atoms with Crippen LogP contribution in [0.5, 0.6) is 0 Å². The van der Waals surface area contributed by atoms with Gasteiger partial charge >= 0.3 is 11.8 Å². The van der Waals surface area contributed by atoms with E-state index in [9.17, 15) is 22.4 Å². The minimum Gasteiger partial charge on any atom is -0.311 e. The molecule has 4 nitrogen and oxygen atoms in total. The Hall–Kier alpha value is -1.39. The number of carbonyl (C=O) groups is 1. The van der Waals surface area contributed by atoms with Gasteiger partial charge in [0.25, 0.3) is 0 Å². The van der Waals surface area contributed by atoms with Gasteiger partial charge in [-0.3, -0.25) is 9.48 Å². The lowest BCUT2D eigenvalue weighted by Gasteiger charge is -2.43. The Labute approximate surface area is 199 Å². The highest BCUT2D eigenvalue weighted by molar-refractivity contribution is 14.1. The van der Waals surface area contributed by atoms with Crippen LogP contribution in [0.15, 0.2) is 24.3 Å². The first kappa shape index (κ1) is 23.8. The molecule has 0 saturated heterocycles. The Kier molecular flexibility index (Phi) is 6.50. The van der Waals surface area contributed by atoms with E-state index in [2.05, 4.69) is 59.1 Å². The SMILES string of the molecule is CC1C=CC=CC1CC(I)c1nn(C)c(NC(=O)C[C@@H]2CC(F)(F)C2(F)F)c1C1CCC1. The largest absolute Gasteiger partial charge is 0.313 e. The van der Waals surface area contributed by atoms with E-state index in [4.69, 9.17) is 5.10 Å². The molecule has 3 aliphatic carbocycles. The van der Waals surface area contributed by atoms with Crippen molar-refractivity contribution in [2.75, 3.05) is 5.32 Å². The normalized spacial score (nSPS) is 29.3. The van der Waals surface area contributed by atoms with Crippen molar-refractivity contribution in [3.63, 3.8) is 0 Å². The number of carbonyl (C=O) groups excluding carboxylic acids is 1. The summed E-state index contributed by atoms with van der Waals surface area (Å²) >= 11 is 2.40. The molecule has 4 rings (SSSR count). The van der Waals surface area contributed by atoms with Gasteiger partial charge in [-0.25, -0.2) is 0 Å². The average Bonchev–Trinajstić information content (AvgIpc) is 2.98. The van der Waals surface area contributed by atoms with Crippen molar-refractivity contribution in [2.24, 2.45) is 24.8 Å². The summed E-state index contributed by atoms with van der Waals surface area (Å²) in [5, 5.41) is 7.44. The first-order valence-electron chi connectivity index (χ1n) is 11.1. The minimum atomic E-state index is -4.13. The van der Waals surface area contributed by atoms with Crippen LogP contribution in [0.25, 0.3) is 0 Å². The number of aromatic nitrogens is 2. The predicted octanol–water partition coefficient (Wildman–Crippen LogP) is 6.55. The van der Waals surface area contributed by atoms with E-state index in [0.717, 1.165) is 36.9 Å². The zero-order chi connectivity index (χ0) is 23.3. The molecule has 1 N–H and O–H groups in total. The number of nitrogens with zero attached hydrogens (tertiary/aromatic N) is 2. The molecule has 0 radical (unpaired) electrons. The Balaban J connectivity index is 1.51. The van der Waals surface area contributed by atoms with Crippen molar-refractivity contribution < 1.29 is 22.4 Å². The van der Waals surface area contributed by atoms with Gasteiger partial charge in [0, 0.05) is 31.4 Å². The second-order valence-corrected chi connectivity index (χ2v) is 10.9. The third-order valence-corrected chi connectivity index (χ3v) is 8.25. The quantitative estimate of drug-likeness (QED) is 0.232. The summed E-state index contributed by atoms with van der Waals surface area (Å²) in [5.74, 6) is -8.87. The molecule has 176 valence electrons. The van der Waals surface area contributed by atoms with E-state index < -0.39 is 36.5 Å². The molecule has 0 aromatic carbocycles. The van der Waals surface area contributed by atoms with Gasteiger partial charge in [-0.05, 0) is 37.0 Å². The molecule has 0 spiro atoms. The average molecular weight is 565 g/mol. The fraction of sp³-hybridized carbons (Fsp3) is 0.652. The Morgan fingerprint density at radius 1 is 1.28 bits per heavy atom. The molecule has 0 bridgehead atoms. The molecule has 2 saturated carbocycles. The van der Waals surface area contributed by atoms with Crippen LogP contribution in [0.2, 0.25) is 0 Å². The van der Waals surface area contributed by atoms with Crippen LogP contribution in [-0.2, 0) is 11.8 Å². The van der Waals surface area contributed by atoms with Gasteiger partial charge in [0.2, 0.25) is 5.91 Å².